The molecule has 1 aromatic heterocycles. The van der Waals surface area contributed by atoms with Gasteiger partial charge in [-0.25, -0.2) is 4.57 Å². The standard InChI is InChI=1S/C26H42N2.BrH/c1-5-6-7-8-9-10-11-12-13-14-25(28-18-17-27-21-28)15-16-26-23(3)19-22(2)20-24(26)4;/h17-21,25H,5-16H2,1-4H3;1H. The Hall–Kier alpha value is -1.09. The molecule has 0 amide bonds. The van der Waals surface area contributed by atoms with Gasteiger partial charge in [-0.3, -0.25) is 4.98 Å². The number of hydrogen-bond donors (Lipinski definition) is 1. The highest BCUT2D eigenvalue weighted by Crippen LogP contribution is 2.23. The van der Waals surface area contributed by atoms with Crippen LogP contribution < -0.4 is 21.5 Å². The van der Waals surface area contributed by atoms with Crippen molar-refractivity contribution in [2.45, 2.75) is 111 Å². The largest absolute Gasteiger partial charge is 1.00 e. The fourth-order valence-corrected chi connectivity index (χ4v) is 4.58. The second-order valence-corrected chi connectivity index (χ2v) is 8.75. The van der Waals surface area contributed by atoms with E-state index in [1.807, 2.05) is 6.20 Å². The first-order valence-corrected chi connectivity index (χ1v) is 11.7. The van der Waals surface area contributed by atoms with Crippen molar-refractivity contribution in [1.82, 2.24) is 4.98 Å². The predicted molar refractivity (Wildman–Crippen MR) is 121 cm³/mol. The summed E-state index contributed by atoms with van der Waals surface area (Å²) in [5.74, 6) is 0. The minimum Gasteiger partial charge on any atom is -1.00 e. The quantitative estimate of drug-likeness (QED) is 0.318. The zero-order valence-corrected chi connectivity index (χ0v) is 20.9. The molecule has 0 bridgehead atoms. The topological polar surface area (TPSA) is 19.7 Å². The molecule has 1 atom stereocenters. The molecule has 0 radical (unpaired) electrons. The molecule has 3 heteroatoms. The Kier molecular flexibility index (Phi) is 13.3. The van der Waals surface area contributed by atoms with Gasteiger partial charge in [0.15, 0.2) is 0 Å². The van der Waals surface area contributed by atoms with Gasteiger partial charge in [0.2, 0.25) is 6.33 Å². The Morgan fingerprint density at radius 3 is 1.97 bits per heavy atom. The van der Waals surface area contributed by atoms with Crippen LogP contribution in [-0.4, -0.2) is 4.98 Å². The van der Waals surface area contributed by atoms with E-state index in [9.17, 15) is 0 Å². The highest BCUT2D eigenvalue weighted by atomic mass is 79.9. The minimum atomic E-state index is 0. The summed E-state index contributed by atoms with van der Waals surface area (Å²) in [6, 6.07) is 5.28. The number of H-pyrrole nitrogens is 1. The van der Waals surface area contributed by atoms with Crippen molar-refractivity contribution in [3.63, 3.8) is 0 Å². The molecular formula is C26H43BrN2. The number of hydrogen-bond acceptors (Lipinski definition) is 0. The maximum atomic E-state index is 3.24. The number of aryl methyl sites for hydroxylation is 3. The second kappa shape index (κ2) is 14.8. The molecule has 0 spiro atoms. The molecule has 0 aliphatic heterocycles. The van der Waals surface area contributed by atoms with E-state index in [1.54, 1.807) is 5.56 Å². The van der Waals surface area contributed by atoms with E-state index >= 15 is 0 Å². The molecule has 0 saturated heterocycles. The van der Waals surface area contributed by atoms with Crippen LogP contribution in [0.25, 0.3) is 0 Å². The van der Waals surface area contributed by atoms with Gasteiger partial charge in [-0.05, 0) is 63.1 Å². The molecule has 1 aromatic carbocycles. The summed E-state index contributed by atoms with van der Waals surface area (Å²) in [5.41, 5.74) is 5.85. The number of nitrogens with one attached hydrogen (secondary N) is 1. The average molecular weight is 464 g/mol. The average Bonchev–Trinajstić information content (AvgIpc) is 3.18. The Bertz CT molecular complexity index is 640. The van der Waals surface area contributed by atoms with E-state index in [0.29, 0.717) is 6.04 Å². The Labute approximate surface area is 190 Å². The first-order chi connectivity index (χ1) is 13.6. The normalized spacial score (nSPS) is 12.0. The SMILES string of the molecule is CCCCCCCCCCCC(CCc1c(C)cc(C)cc1C)[n+]1cc[nH]c1.[Br-]. The van der Waals surface area contributed by atoms with Crippen molar-refractivity contribution in [1.29, 1.82) is 0 Å². The lowest BCUT2D eigenvalue weighted by Gasteiger charge is -2.16. The Morgan fingerprint density at radius 2 is 1.41 bits per heavy atom. The summed E-state index contributed by atoms with van der Waals surface area (Å²) in [4.78, 5) is 3.24. The van der Waals surface area contributed by atoms with E-state index in [0.717, 1.165) is 0 Å². The van der Waals surface area contributed by atoms with Gasteiger partial charge in [0, 0.05) is 0 Å². The van der Waals surface area contributed by atoms with E-state index in [1.165, 1.54) is 93.7 Å². The molecule has 0 aliphatic carbocycles. The number of imidazole rings is 1. The van der Waals surface area contributed by atoms with Crippen molar-refractivity contribution in [3.05, 3.63) is 53.1 Å². The van der Waals surface area contributed by atoms with Crippen LogP contribution in [-0.2, 0) is 6.42 Å². The summed E-state index contributed by atoms with van der Waals surface area (Å²) in [5, 5.41) is 0. The number of aromatic nitrogens is 2. The van der Waals surface area contributed by atoms with Gasteiger partial charge in [-0.2, -0.15) is 0 Å². The van der Waals surface area contributed by atoms with Crippen LogP contribution in [0.1, 0.15) is 106 Å². The molecule has 2 rings (SSSR count). The maximum Gasteiger partial charge on any atom is 0.241 e. The van der Waals surface area contributed by atoms with E-state index < -0.39 is 0 Å². The van der Waals surface area contributed by atoms with E-state index in [4.69, 9.17) is 0 Å². The van der Waals surface area contributed by atoms with Crippen molar-refractivity contribution < 1.29 is 21.5 Å². The van der Waals surface area contributed by atoms with Gasteiger partial charge < -0.3 is 17.0 Å². The zero-order valence-electron chi connectivity index (χ0n) is 19.3. The highest BCUT2D eigenvalue weighted by molar-refractivity contribution is 5.37. The maximum absolute atomic E-state index is 3.24. The van der Waals surface area contributed by atoms with Gasteiger partial charge in [-0.1, -0.05) is 76.0 Å². The molecule has 2 nitrogen and oxygen atoms in total. The first kappa shape index (κ1) is 25.9. The number of nitrogens with zero attached hydrogens (tertiary/aromatic N) is 1. The lowest BCUT2D eigenvalue weighted by Crippen LogP contribution is -3.00. The van der Waals surface area contributed by atoms with Crippen molar-refractivity contribution in [3.8, 4) is 0 Å². The molecule has 2 aromatic rings. The zero-order chi connectivity index (χ0) is 20.2. The summed E-state index contributed by atoms with van der Waals surface area (Å²) < 4.78 is 2.39. The molecule has 29 heavy (non-hydrogen) atoms. The van der Waals surface area contributed by atoms with Crippen molar-refractivity contribution in [2.75, 3.05) is 0 Å². The smallest absolute Gasteiger partial charge is 0.241 e. The highest BCUT2D eigenvalue weighted by Gasteiger charge is 2.16. The predicted octanol–water partition coefficient (Wildman–Crippen LogP) is 4.33. The monoisotopic (exact) mass is 462 g/mol. The molecule has 0 fully saturated rings. The van der Waals surface area contributed by atoms with Crippen LogP contribution in [0, 0.1) is 20.8 Å². The molecule has 1 unspecified atom stereocenters. The number of aromatic amines is 1. The number of unbranched alkanes of at least 4 members (excludes halogenated alkanes) is 8. The van der Waals surface area contributed by atoms with Gasteiger partial charge in [0.1, 0.15) is 18.4 Å². The molecule has 0 saturated carbocycles. The van der Waals surface area contributed by atoms with Crippen LogP contribution in [0.2, 0.25) is 0 Å². The third-order valence-electron chi connectivity index (χ3n) is 6.20. The van der Waals surface area contributed by atoms with Crippen molar-refractivity contribution >= 4 is 0 Å². The molecule has 164 valence electrons. The molecular weight excluding hydrogens is 420 g/mol. The lowest BCUT2D eigenvalue weighted by atomic mass is 9.93. The molecule has 1 heterocycles. The fraction of sp³-hybridized carbons (Fsp3) is 0.654. The van der Waals surface area contributed by atoms with Crippen LogP contribution in [0.15, 0.2) is 30.9 Å². The minimum absolute atomic E-state index is 0. The Balaban J connectivity index is 0.00000420. The second-order valence-electron chi connectivity index (χ2n) is 8.75. The van der Waals surface area contributed by atoms with Crippen LogP contribution in [0.5, 0.6) is 0 Å². The fourth-order valence-electron chi connectivity index (χ4n) is 4.58. The van der Waals surface area contributed by atoms with E-state index in [2.05, 4.69) is 61.9 Å². The van der Waals surface area contributed by atoms with E-state index in [-0.39, 0.29) is 17.0 Å². The summed E-state index contributed by atoms with van der Waals surface area (Å²) >= 11 is 0. The van der Waals surface area contributed by atoms with Crippen LogP contribution in [0.4, 0.5) is 0 Å². The van der Waals surface area contributed by atoms with Crippen LogP contribution in [0.3, 0.4) is 0 Å². The third kappa shape index (κ3) is 9.51. The van der Waals surface area contributed by atoms with Crippen molar-refractivity contribution in [2.24, 2.45) is 0 Å². The third-order valence-corrected chi connectivity index (χ3v) is 6.20. The molecule has 0 aliphatic rings. The van der Waals surface area contributed by atoms with Gasteiger partial charge >= 0.3 is 0 Å². The Morgan fingerprint density at radius 1 is 0.828 bits per heavy atom. The van der Waals surface area contributed by atoms with Gasteiger partial charge in [-0.15, -0.1) is 0 Å². The van der Waals surface area contributed by atoms with Gasteiger partial charge in [0.25, 0.3) is 0 Å². The lowest BCUT2D eigenvalue weighted by molar-refractivity contribution is -0.723. The number of benzene rings is 1. The molecule has 1 N–H and O–H groups in total. The number of rotatable bonds is 14. The number of halogens is 1. The van der Waals surface area contributed by atoms with Crippen LogP contribution >= 0.6 is 0 Å². The summed E-state index contributed by atoms with van der Waals surface area (Å²) in [7, 11) is 0. The summed E-state index contributed by atoms with van der Waals surface area (Å²) in [6.45, 7) is 9.04. The summed E-state index contributed by atoms with van der Waals surface area (Å²) in [6.07, 6.45) is 22.7. The van der Waals surface area contributed by atoms with Gasteiger partial charge in [0.05, 0.1) is 0 Å². The first-order valence-electron chi connectivity index (χ1n) is 11.7.